The average molecular weight is 559 g/mol. The molecule has 3 N–H and O–H groups in total. The topological polar surface area (TPSA) is 170 Å². The number of aromatic nitrogens is 2. The number of ether oxygens (including phenoxy) is 2. The van der Waals surface area contributed by atoms with Crippen LogP contribution >= 0.6 is 0 Å². The number of carbonyl (C=O) groups is 2. The van der Waals surface area contributed by atoms with Gasteiger partial charge in [0.05, 0.1) is 29.5 Å². The molecule has 0 atom stereocenters. The Morgan fingerprint density at radius 3 is 2.37 bits per heavy atom. The Bertz CT molecular complexity index is 1310. The third kappa shape index (κ3) is 6.00. The summed E-state index contributed by atoms with van der Waals surface area (Å²) in [4.78, 5) is 24.9. The molecule has 1 aromatic heterocycles. The summed E-state index contributed by atoms with van der Waals surface area (Å²) in [5.74, 6) is -0.899. The lowest BCUT2D eigenvalue weighted by Crippen LogP contribution is -2.48. The zero-order valence-electron chi connectivity index (χ0n) is 20.2. The normalized spacial score (nSPS) is 15.5. The van der Waals surface area contributed by atoms with Gasteiger partial charge in [-0.2, -0.15) is 23.5 Å². The van der Waals surface area contributed by atoms with E-state index in [0.717, 1.165) is 24.3 Å². The Balaban J connectivity index is 1.83. The first-order valence-corrected chi connectivity index (χ1v) is 12.7. The third-order valence-corrected chi connectivity index (χ3v) is 7.57. The zero-order valence-corrected chi connectivity index (χ0v) is 21.0. The number of amides is 2. The van der Waals surface area contributed by atoms with Crippen LogP contribution in [0.5, 0.6) is 0 Å². The molecular weight excluding hydrogens is 533 g/mol. The number of nitrogens with one attached hydrogen (secondary N) is 1. The number of methoxy groups -OCH3 is 1. The smallest absolute Gasteiger partial charge is 0.447 e. The molecule has 0 spiro atoms. The predicted molar refractivity (Wildman–Crippen MR) is 126 cm³/mol. The molecule has 2 amide bonds. The molecule has 1 saturated heterocycles. The Hall–Kier alpha value is -3.84. The molecule has 1 fully saturated rings. The van der Waals surface area contributed by atoms with Crippen molar-refractivity contribution in [1.29, 1.82) is 5.26 Å². The first-order chi connectivity index (χ1) is 17.8. The molecule has 1 aliphatic rings. The number of benzene rings is 1. The first-order valence-electron chi connectivity index (χ1n) is 11.2. The quantitative estimate of drug-likeness (QED) is 0.439. The maximum Gasteiger partial charge on any atom is 0.501 e. The molecule has 0 saturated carbocycles. The molecular formula is C22H25F3N6O6S. The highest BCUT2D eigenvalue weighted by atomic mass is 32.2. The number of hydrogen-bond acceptors (Lipinski definition) is 9. The van der Waals surface area contributed by atoms with Gasteiger partial charge in [-0.05, 0) is 37.1 Å². The van der Waals surface area contributed by atoms with Gasteiger partial charge in [0.15, 0.2) is 5.82 Å². The second kappa shape index (κ2) is 11.3. The molecule has 2 aromatic rings. The minimum atomic E-state index is -5.53. The van der Waals surface area contributed by atoms with Crippen LogP contribution in [0.3, 0.4) is 0 Å². The maximum atomic E-state index is 12.8. The van der Waals surface area contributed by atoms with Crippen molar-refractivity contribution < 1.29 is 40.7 Å². The fraction of sp³-hybridized carbons (Fsp3) is 0.455. The van der Waals surface area contributed by atoms with Crippen LogP contribution in [0.2, 0.25) is 0 Å². The van der Waals surface area contributed by atoms with Crippen molar-refractivity contribution in [2.75, 3.05) is 38.7 Å². The molecule has 206 valence electrons. The number of anilines is 2. The SMILES string of the molecule is COCCOC(=O)N1CCC(CC#N)(n2cc(C(N)=O)c(Nc3ccc(S(=O)(=O)C(F)(F)F)cc3)n2)CC1. The van der Waals surface area contributed by atoms with Crippen LogP contribution in [0.25, 0.3) is 0 Å². The van der Waals surface area contributed by atoms with Gasteiger partial charge in [-0.25, -0.2) is 13.2 Å². The molecule has 1 aromatic carbocycles. The lowest BCUT2D eigenvalue weighted by Gasteiger charge is -2.40. The summed E-state index contributed by atoms with van der Waals surface area (Å²) >= 11 is 0. The molecule has 1 aliphatic heterocycles. The van der Waals surface area contributed by atoms with Crippen molar-refractivity contribution in [3.05, 3.63) is 36.0 Å². The van der Waals surface area contributed by atoms with E-state index in [1.807, 2.05) is 0 Å². The monoisotopic (exact) mass is 558 g/mol. The lowest BCUT2D eigenvalue weighted by molar-refractivity contribution is -0.0436. The van der Waals surface area contributed by atoms with Crippen LogP contribution in [0.1, 0.15) is 29.6 Å². The van der Waals surface area contributed by atoms with E-state index in [-0.39, 0.29) is 49.8 Å². The van der Waals surface area contributed by atoms with Crippen molar-refractivity contribution in [2.24, 2.45) is 5.73 Å². The number of halogens is 3. The maximum absolute atomic E-state index is 12.8. The van der Waals surface area contributed by atoms with Gasteiger partial charge in [0, 0.05) is 32.1 Å². The van der Waals surface area contributed by atoms with Crippen LogP contribution in [0, 0.1) is 11.3 Å². The van der Waals surface area contributed by atoms with Gasteiger partial charge < -0.3 is 25.4 Å². The molecule has 12 nitrogen and oxygen atoms in total. The number of primary amides is 1. The van der Waals surface area contributed by atoms with Crippen LogP contribution < -0.4 is 11.1 Å². The minimum Gasteiger partial charge on any atom is -0.447 e. The van der Waals surface area contributed by atoms with E-state index in [1.54, 1.807) is 0 Å². The Kier molecular flexibility index (Phi) is 8.52. The highest BCUT2D eigenvalue weighted by Crippen LogP contribution is 2.36. The fourth-order valence-electron chi connectivity index (χ4n) is 3.92. The summed E-state index contributed by atoms with van der Waals surface area (Å²) in [7, 11) is -4.05. The summed E-state index contributed by atoms with van der Waals surface area (Å²) in [6.45, 7) is 0.834. The number of alkyl halides is 3. The molecule has 38 heavy (non-hydrogen) atoms. The largest absolute Gasteiger partial charge is 0.501 e. The lowest BCUT2D eigenvalue weighted by atomic mass is 9.85. The van der Waals surface area contributed by atoms with Crippen molar-refractivity contribution in [3.63, 3.8) is 0 Å². The highest BCUT2D eigenvalue weighted by Gasteiger charge is 2.46. The highest BCUT2D eigenvalue weighted by molar-refractivity contribution is 7.92. The third-order valence-electron chi connectivity index (χ3n) is 6.07. The number of rotatable bonds is 9. The molecule has 2 heterocycles. The van der Waals surface area contributed by atoms with E-state index in [9.17, 15) is 36.4 Å². The van der Waals surface area contributed by atoms with Gasteiger partial charge in [-0.1, -0.05) is 0 Å². The molecule has 0 aliphatic carbocycles. The number of likely N-dealkylation sites (tertiary alicyclic amines) is 1. The average Bonchev–Trinajstić information content (AvgIpc) is 3.29. The number of nitrogens with two attached hydrogens (primary N) is 1. The van der Waals surface area contributed by atoms with Gasteiger partial charge in [-0.15, -0.1) is 0 Å². The molecule has 0 radical (unpaired) electrons. The van der Waals surface area contributed by atoms with Crippen molar-refractivity contribution >= 4 is 33.3 Å². The summed E-state index contributed by atoms with van der Waals surface area (Å²) in [6, 6.07) is 5.81. The summed E-state index contributed by atoms with van der Waals surface area (Å²) < 4.78 is 73.0. The van der Waals surface area contributed by atoms with Crippen LogP contribution in [-0.2, 0) is 24.8 Å². The summed E-state index contributed by atoms with van der Waals surface area (Å²) in [5.41, 5.74) is -0.759. The van der Waals surface area contributed by atoms with E-state index in [4.69, 9.17) is 15.2 Å². The number of sulfone groups is 1. The van der Waals surface area contributed by atoms with Gasteiger partial charge >= 0.3 is 11.6 Å². The Morgan fingerprint density at radius 2 is 1.84 bits per heavy atom. The van der Waals surface area contributed by atoms with Crippen molar-refractivity contribution in [1.82, 2.24) is 14.7 Å². The number of piperidine rings is 1. The minimum absolute atomic E-state index is 0.00286. The fourth-order valence-corrected chi connectivity index (χ4v) is 4.68. The van der Waals surface area contributed by atoms with E-state index in [2.05, 4.69) is 16.5 Å². The van der Waals surface area contributed by atoms with Gasteiger partial charge in [0.25, 0.3) is 15.7 Å². The van der Waals surface area contributed by atoms with E-state index in [1.165, 1.54) is 22.9 Å². The molecule has 0 unspecified atom stereocenters. The van der Waals surface area contributed by atoms with Crippen molar-refractivity contribution in [3.8, 4) is 6.07 Å². The van der Waals surface area contributed by atoms with Gasteiger partial charge in [-0.3, -0.25) is 9.48 Å². The van der Waals surface area contributed by atoms with Crippen molar-refractivity contribution in [2.45, 2.75) is 35.2 Å². The number of nitrogens with zero attached hydrogens (tertiary/aromatic N) is 4. The molecule has 16 heteroatoms. The van der Waals surface area contributed by atoms with Crippen LogP contribution in [0.4, 0.5) is 29.5 Å². The van der Waals surface area contributed by atoms with Crippen LogP contribution in [-0.4, -0.2) is 74.0 Å². The summed E-state index contributed by atoms with van der Waals surface area (Å²) in [5, 5.41) is 16.6. The Morgan fingerprint density at radius 1 is 1.21 bits per heavy atom. The van der Waals surface area contributed by atoms with Crippen LogP contribution in [0.15, 0.2) is 35.4 Å². The number of hydrogen-bond donors (Lipinski definition) is 2. The standard InChI is InChI=1S/C22H25F3N6O6S/c1-36-12-13-37-20(33)30-10-7-21(6-9-26,8-11-30)31-14-17(18(27)32)19(29-31)28-15-2-4-16(5-3-15)38(34,35)22(23,24)25/h2-5,14H,6-8,10-13H2,1H3,(H2,27,32)(H,28,29). The summed E-state index contributed by atoms with van der Waals surface area (Å²) in [6.07, 6.45) is 1.45. The number of nitriles is 1. The molecule has 0 bridgehead atoms. The second-order valence-electron chi connectivity index (χ2n) is 8.45. The van der Waals surface area contributed by atoms with E-state index in [0.29, 0.717) is 12.8 Å². The van der Waals surface area contributed by atoms with Gasteiger partial charge in [0.1, 0.15) is 12.2 Å². The number of carbonyl (C=O) groups excluding carboxylic acids is 2. The van der Waals surface area contributed by atoms with Gasteiger partial charge in [0.2, 0.25) is 0 Å². The van der Waals surface area contributed by atoms with E-state index >= 15 is 0 Å². The first kappa shape index (κ1) is 28.7. The predicted octanol–water partition coefficient (Wildman–Crippen LogP) is 2.51. The van der Waals surface area contributed by atoms with E-state index < -0.39 is 37.8 Å². The second-order valence-corrected chi connectivity index (χ2v) is 10.4. The zero-order chi connectivity index (χ0) is 28.1. The molecule has 3 rings (SSSR count). The Labute approximate surface area is 216 Å².